The molecule has 0 aliphatic carbocycles. The van der Waals surface area contributed by atoms with Gasteiger partial charge in [-0.1, -0.05) is 45.3 Å². The van der Waals surface area contributed by atoms with Gasteiger partial charge in [-0.3, -0.25) is 0 Å². The third-order valence-corrected chi connectivity index (χ3v) is 4.15. The fourth-order valence-corrected chi connectivity index (χ4v) is 2.30. The van der Waals surface area contributed by atoms with Gasteiger partial charge in [0.1, 0.15) is 0 Å². The molecule has 0 bridgehead atoms. The van der Waals surface area contributed by atoms with Crippen molar-refractivity contribution in [3.05, 3.63) is 23.8 Å². The average Bonchev–Trinajstić information content (AvgIpc) is 2.45. The zero-order valence-electron chi connectivity index (χ0n) is 15.0. The highest BCUT2D eigenvalue weighted by atomic mass is 16.5. The van der Waals surface area contributed by atoms with Crippen LogP contribution in [0, 0.1) is 5.92 Å². The van der Waals surface area contributed by atoms with Crippen molar-refractivity contribution in [1.82, 2.24) is 0 Å². The van der Waals surface area contributed by atoms with Crippen LogP contribution in [-0.2, 0) is 9.53 Å². The Morgan fingerprint density at radius 2 is 2.00 bits per heavy atom. The Balaban J connectivity index is 4.18. The minimum absolute atomic E-state index is 0.279. The van der Waals surface area contributed by atoms with Gasteiger partial charge in [-0.2, -0.15) is 0 Å². The molecule has 0 saturated heterocycles. The van der Waals surface area contributed by atoms with E-state index in [-0.39, 0.29) is 5.97 Å². The molecule has 0 aromatic heterocycles. The Kier molecular flexibility index (Phi) is 10.9. The minimum atomic E-state index is -0.521. The van der Waals surface area contributed by atoms with Crippen LogP contribution >= 0.6 is 0 Å². The van der Waals surface area contributed by atoms with E-state index in [1.165, 1.54) is 6.08 Å². The standard InChI is InChI=1S/C19H34O3/c1-6-17(13-10-14-19(5,21)7-2)12-9-11-16(4)15-18(20)22-8-3/h9,11,15,17,21H,6-8,10,12-14H2,1-5H3/b11-9+,16-15+. The molecule has 22 heavy (non-hydrogen) atoms. The predicted octanol–water partition coefficient (Wildman–Crippen LogP) is 4.80. The highest BCUT2D eigenvalue weighted by molar-refractivity contribution is 5.83. The fraction of sp³-hybridized carbons (Fsp3) is 0.737. The lowest BCUT2D eigenvalue weighted by Crippen LogP contribution is -2.22. The van der Waals surface area contributed by atoms with E-state index in [0.717, 1.165) is 44.1 Å². The zero-order chi connectivity index (χ0) is 17.0. The van der Waals surface area contributed by atoms with E-state index in [2.05, 4.69) is 13.0 Å². The van der Waals surface area contributed by atoms with Gasteiger partial charge >= 0.3 is 5.97 Å². The van der Waals surface area contributed by atoms with Crippen molar-refractivity contribution in [1.29, 1.82) is 0 Å². The third-order valence-electron chi connectivity index (χ3n) is 4.15. The third kappa shape index (κ3) is 10.6. The molecule has 1 N–H and O–H groups in total. The van der Waals surface area contributed by atoms with Crippen LogP contribution in [0.2, 0.25) is 0 Å². The van der Waals surface area contributed by atoms with E-state index < -0.39 is 5.60 Å². The number of hydrogen-bond donors (Lipinski definition) is 1. The van der Waals surface area contributed by atoms with Crippen molar-refractivity contribution in [2.24, 2.45) is 5.92 Å². The monoisotopic (exact) mass is 310 g/mol. The SMILES string of the molecule is CCOC(=O)/C=C(C)/C=C/CC(CC)CCCC(C)(O)CC. The van der Waals surface area contributed by atoms with Crippen molar-refractivity contribution in [2.75, 3.05) is 6.61 Å². The van der Waals surface area contributed by atoms with Gasteiger partial charge < -0.3 is 9.84 Å². The van der Waals surface area contributed by atoms with Gasteiger partial charge in [0, 0.05) is 6.08 Å². The van der Waals surface area contributed by atoms with E-state index in [1.807, 2.05) is 26.8 Å². The van der Waals surface area contributed by atoms with Crippen LogP contribution in [0.4, 0.5) is 0 Å². The molecule has 0 aliphatic heterocycles. The molecular formula is C19H34O3. The summed E-state index contributed by atoms with van der Waals surface area (Å²) in [6.45, 7) is 10.3. The lowest BCUT2D eigenvalue weighted by molar-refractivity contribution is -0.137. The van der Waals surface area contributed by atoms with Crippen LogP contribution < -0.4 is 0 Å². The molecule has 0 heterocycles. The van der Waals surface area contributed by atoms with Crippen molar-refractivity contribution in [2.45, 2.75) is 78.7 Å². The number of hydrogen-bond acceptors (Lipinski definition) is 3. The number of carbonyl (C=O) groups is 1. The molecule has 0 radical (unpaired) electrons. The summed E-state index contributed by atoms with van der Waals surface area (Å²) >= 11 is 0. The van der Waals surface area contributed by atoms with Crippen LogP contribution in [0.5, 0.6) is 0 Å². The number of allylic oxidation sites excluding steroid dienone is 3. The fourth-order valence-electron chi connectivity index (χ4n) is 2.30. The summed E-state index contributed by atoms with van der Waals surface area (Å²) in [6, 6.07) is 0. The van der Waals surface area contributed by atoms with E-state index in [0.29, 0.717) is 12.5 Å². The molecule has 0 aliphatic rings. The van der Waals surface area contributed by atoms with Crippen molar-refractivity contribution < 1.29 is 14.6 Å². The van der Waals surface area contributed by atoms with Crippen LogP contribution in [-0.4, -0.2) is 23.3 Å². The summed E-state index contributed by atoms with van der Waals surface area (Å²) in [5, 5.41) is 10.0. The molecule has 0 amide bonds. The second-order valence-corrected chi connectivity index (χ2v) is 6.30. The Labute approximate surface area is 136 Å². The van der Waals surface area contributed by atoms with E-state index in [1.54, 1.807) is 6.92 Å². The number of carbonyl (C=O) groups excluding carboxylic acids is 1. The minimum Gasteiger partial charge on any atom is -0.463 e. The van der Waals surface area contributed by atoms with Crippen LogP contribution in [0.1, 0.15) is 73.1 Å². The summed E-state index contributed by atoms with van der Waals surface area (Å²) < 4.78 is 4.88. The maximum Gasteiger partial charge on any atom is 0.330 e. The van der Waals surface area contributed by atoms with Crippen molar-refractivity contribution in [3.63, 3.8) is 0 Å². The summed E-state index contributed by atoms with van der Waals surface area (Å²) in [5.41, 5.74) is 0.398. The quantitative estimate of drug-likeness (QED) is 0.339. The molecule has 0 aromatic carbocycles. The Hall–Kier alpha value is -1.09. The number of rotatable bonds is 11. The Bertz CT molecular complexity index is 367. The largest absolute Gasteiger partial charge is 0.463 e. The molecular weight excluding hydrogens is 276 g/mol. The molecule has 0 saturated carbocycles. The first-order valence-corrected chi connectivity index (χ1v) is 8.58. The predicted molar refractivity (Wildman–Crippen MR) is 92.7 cm³/mol. The molecule has 3 nitrogen and oxygen atoms in total. The van der Waals surface area contributed by atoms with Gasteiger partial charge in [-0.25, -0.2) is 4.79 Å². The van der Waals surface area contributed by atoms with Gasteiger partial charge in [-0.05, 0) is 51.5 Å². The summed E-state index contributed by atoms with van der Waals surface area (Å²) in [7, 11) is 0. The first-order valence-electron chi connectivity index (χ1n) is 8.58. The van der Waals surface area contributed by atoms with Crippen molar-refractivity contribution >= 4 is 5.97 Å². The number of aliphatic hydroxyl groups is 1. The van der Waals surface area contributed by atoms with Gasteiger partial charge in [-0.15, -0.1) is 0 Å². The zero-order valence-corrected chi connectivity index (χ0v) is 15.0. The first-order chi connectivity index (χ1) is 10.3. The highest BCUT2D eigenvalue weighted by Gasteiger charge is 2.17. The smallest absolute Gasteiger partial charge is 0.330 e. The average molecular weight is 310 g/mol. The molecule has 0 rings (SSSR count). The van der Waals surface area contributed by atoms with Crippen LogP contribution in [0.3, 0.4) is 0 Å². The molecule has 0 aromatic rings. The Morgan fingerprint density at radius 3 is 2.55 bits per heavy atom. The van der Waals surface area contributed by atoms with E-state index in [9.17, 15) is 9.90 Å². The summed E-state index contributed by atoms with van der Waals surface area (Å²) in [4.78, 5) is 11.3. The first kappa shape index (κ1) is 20.9. The lowest BCUT2D eigenvalue weighted by atomic mass is 9.90. The second-order valence-electron chi connectivity index (χ2n) is 6.30. The maximum atomic E-state index is 11.3. The molecule has 0 spiro atoms. The maximum absolute atomic E-state index is 11.3. The van der Waals surface area contributed by atoms with Crippen LogP contribution in [0.25, 0.3) is 0 Å². The number of ether oxygens (including phenoxy) is 1. The van der Waals surface area contributed by atoms with Crippen LogP contribution in [0.15, 0.2) is 23.8 Å². The highest BCUT2D eigenvalue weighted by Crippen LogP contribution is 2.22. The van der Waals surface area contributed by atoms with E-state index in [4.69, 9.17) is 4.74 Å². The number of esters is 1. The normalized spacial score (nSPS) is 16.5. The summed E-state index contributed by atoms with van der Waals surface area (Å²) in [5.74, 6) is 0.359. The van der Waals surface area contributed by atoms with Gasteiger partial charge in [0.05, 0.1) is 12.2 Å². The Morgan fingerprint density at radius 1 is 1.32 bits per heavy atom. The molecule has 2 atom stereocenters. The molecule has 128 valence electrons. The van der Waals surface area contributed by atoms with Crippen molar-refractivity contribution in [3.8, 4) is 0 Å². The molecule has 0 fully saturated rings. The van der Waals surface area contributed by atoms with E-state index >= 15 is 0 Å². The second kappa shape index (κ2) is 11.5. The molecule has 3 heteroatoms. The molecule has 2 unspecified atom stereocenters. The van der Waals surface area contributed by atoms with Gasteiger partial charge in [0.2, 0.25) is 0 Å². The lowest BCUT2D eigenvalue weighted by Gasteiger charge is -2.22. The van der Waals surface area contributed by atoms with Gasteiger partial charge in [0.25, 0.3) is 0 Å². The van der Waals surface area contributed by atoms with Gasteiger partial charge in [0.15, 0.2) is 0 Å². The summed E-state index contributed by atoms with van der Waals surface area (Å²) in [6.07, 6.45) is 11.7. The topological polar surface area (TPSA) is 46.5 Å².